The molecule has 1 atom stereocenters. The Kier molecular flexibility index (Phi) is 8.29. The second kappa shape index (κ2) is 11.2. The predicted octanol–water partition coefficient (Wildman–Crippen LogP) is 3.77. The number of anilines is 3. The second-order valence-electron chi connectivity index (χ2n) is 9.61. The molecule has 0 saturated heterocycles. The van der Waals surface area contributed by atoms with Crippen LogP contribution in [0.15, 0.2) is 52.1 Å². The summed E-state index contributed by atoms with van der Waals surface area (Å²) in [5.74, 6) is -0.903. The number of carbonyl (C=O) groups is 2. The monoisotopic (exact) mass is 491 g/mol. The minimum Gasteiger partial charge on any atom is -0.505 e. The molecular formula is C28H33N3O5. The van der Waals surface area contributed by atoms with Crippen LogP contribution in [-0.2, 0) is 11.2 Å². The van der Waals surface area contributed by atoms with Crippen LogP contribution in [0.5, 0.6) is 5.75 Å². The van der Waals surface area contributed by atoms with Crippen LogP contribution in [0, 0.1) is 12.8 Å². The molecule has 1 amide bonds. The summed E-state index contributed by atoms with van der Waals surface area (Å²) in [4.78, 5) is 51.4. The average molecular weight is 492 g/mol. The molecule has 0 radical (unpaired) electrons. The predicted molar refractivity (Wildman–Crippen MR) is 142 cm³/mol. The Labute approximate surface area is 210 Å². The van der Waals surface area contributed by atoms with Crippen molar-refractivity contribution in [2.45, 2.75) is 46.1 Å². The highest BCUT2D eigenvalue weighted by Gasteiger charge is 2.29. The van der Waals surface area contributed by atoms with E-state index in [1.807, 2.05) is 32.9 Å². The number of carbonyl (C=O) groups excluding carboxylic acids is 2. The maximum absolute atomic E-state index is 13.0. The summed E-state index contributed by atoms with van der Waals surface area (Å²) in [6, 6.07) is 12.1. The highest BCUT2D eigenvalue weighted by molar-refractivity contribution is 5.99. The number of nitrogens with one attached hydrogen (secondary N) is 2. The van der Waals surface area contributed by atoms with E-state index in [9.17, 15) is 24.3 Å². The lowest BCUT2D eigenvalue weighted by Gasteiger charge is -2.25. The fourth-order valence-electron chi connectivity index (χ4n) is 3.99. The van der Waals surface area contributed by atoms with Gasteiger partial charge in [-0.1, -0.05) is 49.7 Å². The SMILES string of the molecule is Cc1ccc(CCCC(=O)[C@H](Nc2c(Nc3cccc(C(=O)N(C)C)c3O)c(=O)c2=O)C(C)C)cc1. The van der Waals surface area contributed by atoms with E-state index in [4.69, 9.17) is 0 Å². The molecule has 3 aromatic carbocycles. The molecule has 8 heteroatoms. The van der Waals surface area contributed by atoms with E-state index < -0.39 is 22.8 Å². The van der Waals surface area contributed by atoms with Crippen LogP contribution in [-0.4, -0.2) is 41.8 Å². The fraction of sp³-hybridized carbons (Fsp3) is 0.357. The van der Waals surface area contributed by atoms with Gasteiger partial charge < -0.3 is 20.6 Å². The molecule has 0 bridgehead atoms. The standard InChI is InChI=1S/C28H33N3O5/c1-16(2)22(21(32)11-6-8-18-14-12-17(3)13-15-18)30-24-23(26(34)27(24)35)29-20-10-7-9-19(25(20)33)28(36)31(4)5/h7,9-10,12-16,22,29-30,33H,6,8,11H2,1-5H3/t22-/m1/s1. The summed E-state index contributed by atoms with van der Waals surface area (Å²) < 4.78 is 0. The third-order valence-corrected chi connectivity index (χ3v) is 6.17. The van der Waals surface area contributed by atoms with E-state index in [-0.39, 0.29) is 40.1 Å². The number of rotatable bonds is 11. The van der Waals surface area contributed by atoms with Gasteiger partial charge in [0.1, 0.15) is 11.4 Å². The number of benzene rings is 2. The lowest BCUT2D eigenvalue weighted by Crippen LogP contribution is -2.43. The van der Waals surface area contributed by atoms with Gasteiger partial charge in [0.05, 0.1) is 17.3 Å². The van der Waals surface area contributed by atoms with Crippen molar-refractivity contribution in [3.8, 4) is 5.75 Å². The number of ketones is 1. The summed E-state index contributed by atoms with van der Waals surface area (Å²) >= 11 is 0. The zero-order chi connectivity index (χ0) is 26.6. The number of nitrogens with zero attached hydrogens (tertiary/aromatic N) is 1. The Morgan fingerprint density at radius 1 is 0.972 bits per heavy atom. The molecule has 0 heterocycles. The number of hydrogen-bond acceptors (Lipinski definition) is 7. The van der Waals surface area contributed by atoms with Crippen molar-refractivity contribution < 1.29 is 14.7 Å². The van der Waals surface area contributed by atoms with Crippen LogP contribution in [0.2, 0.25) is 0 Å². The minimum absolute atomic E-state index is 0.00863. The fourth-order valence-corrected chi connectivity index (χ4v) is 3.99. The Morgan fingerprint density at radius 3 is 2.22 bits per heavy atom. The van der Waals surface area contributed by atoms with Gasteiger partial charge in [0.25, 0.3) is 16.8 Å². The third-order valence-electron chi connectivity index (χ3n) is 6.17. The number of phenolic OH excluding ortho intramolecular Hbond substituents is 1. The first-order valence-electron chi connectivity index (χ1n) is 12.0. The van der Waals surface area contributed by atoms with Crippen LogP contribution in [0.4, 0.5) is 17.1 Å². The van der Waals surface area contributed by atoms with Crippen LogP contribution in [0.3, 0.4) is 0 Å². The highest BCUT2D eigenvalue weighted by Crippen LogP contribution is 2.32. The van der Waals surface area contributed by atoms with Crippen LogP contribution >= 0.6 is 0 Å². The molecule has 190 valence electrons. The molecule has 0 aliphatic heterocycles. The van der Waals surface area contributed by atoms with E-state index in [0.717, 1.165) is 12.0 Å². The van der Waals surface area contributed by atoms with Crippen molar-refractivity contribution >= 4 is 28.8 Å². The molecule has 36 heavy (non-hydrogen) atoms. The van der Waals surface area contributed by atoms with Gasteiger partial charge in [0.2, 0.25) is 0 Å². The second-order valence-corrected chi connectivity index (χ2v) is 9.61. The van der Waals surface area contributed by atoms with Gasteiger partial charge in [-0.2, -0.15) is 0 Å². The molecule has 0 aliphatic rings. The molecule has 0 unspecified atom stereocenters. The lowest BCUT2D eigenvalue weighted by molar-refractivity contribution is -0.120. The maximum Gasteiger partial charge on any atom is 0.257 e. The molecule has 0 spiro atoms. The quantitative estimate of drug-likeness (QED) is 0.276. The molecule has 3 rings (SSSR count). The number of aryl methyl sites for hydroxylation is 2. The van der Waals surface area contributed by atoms with Gasteiger partial charge in [-0.25, -0.2) is 0 Å². The number of phenols is 1. The summed E-state index contributed by atoms with van der Waals surface area (Å²) in [5.41, 5.74) is 1.00. The van der Waals surface area contributed by atoms with E-state index in [1.54, 1.807) is 20.2 Å². The zero-order valence-corrected chi connectivity index (χ0v) is 21.3. The minimum atomic E-state index is -0.754. The van der Waals surface area contributed by atoms with E-state index in [2.05, 4.69) is 22.8 Å². The van der Waals surface area contributed by atoms with Gasteiger partial charge in [0, 0.05) is 20.5 Å². The molecule has 0 aromatic heterocycles. The van der Waals surface area contributed by atoms with Crippen molar-refractivity contribution in [1.82, 2.24) is 4.90 Å². The third kappa shape index (κ3) is 5.82. The first-order valence-corrected chi connectivity index (χ1v) is 12.0. The molecule has 3 N–H and O–H groups in total. The topological polar surface area (TPSA) is 116 Å². The normalized spacial score (nSPS) is 11.9. The van der Waals surface area contributed by atoms with E-state index in [1.165, 1.54) is 22.6 Å². The van der Waals surface area contributed by atoms with Crippen molar-refractivity contribution in [2.75, 3.05) is 24.7 Å². The van der Waals surface area contributed by atoms with Gasteiger partial charge in [-0.05, 0) is 43.4 Å². The van der Waals surface area contributed by atoms with Gasteiger partial charge in [0.15, 0.2) is 11.5 Å². The van der Waals surface area contributed by atoms with Crippen molar-refractivity contribution in [3.05, 3.63) is 79.6 Å². The van der Waals surface area contributed by atoms with Gasteiger partial charge in [-0.15, -0.1) is 0 Å². The van der Waals surface area contributed by atoms with Crippen molar-refractivity contribution in [2.24, 2.45) is 5.92 Å². The average Bonchev–Trinajstić information content (AvgIpc) is 2.84. The first kappa shape index (κ1) is 26.7. The molecular weight excluding hydrogens is 458 g/mol. The number of Topliss-reactive ketones (excluding diaryl/α,β-unsaturated/α-hetero) is 1. The van der Waals surface area contributed by atoms with Crippen LogP contribution in [0.1, 0.15) is 48.2 Å². The highest BCUT2D eigenvalue weighted by atomic mass is 16.3. The Balaban J connectivity index is 1.74. The number of hydrogen-bond donors (Lipinski definition) is 3. The number of aromatic hydroxyl groups is 1. The van der Waals surface area contributed by atoms with Crippen LogP contribution in [0.25, 0.3) is 0 Å². The zero-order valence-electron chi connectivity index (χ0n) is 21.3. The lowest BCUT2D eigenvalue weighted by atomic mass is 9.94. The molecule has 0 aliphatic carbocycles. The summed E-state index contributed by atoms with van der Waals surface area (Å²) in [7, 11) is 3.12. The number of para-hydroxylation sites is 1. The molecule has 3 aromatic rings. The summed E-state index contributed by atoms with van der Waals surface area (Å²) in [5, 5.41) is 16.3. The largest absolute Gasteiger partial charge is 0.505 e. The Bertz CT molecular complexity index is 1320. The van der Waals surface area contributed by atoms with Crippen molar-refractivity contribution in [1.29, 1.82) is 0 Å². The first-order chi connectivity index (χ1) is 17.0. The summed E-state index contributed by atoms with van der Waals surface area (Å²) in [6.45, 7) is 5.77. The molecule has 0 fully saturated rings. The smallest absolute Gasteiger partial charge is 0.257 e. The van der Waals surface area contributed by atoms with E-state index >= 15 is 0 Å². The van der Waals surface area contributed by atoms with Gasteiger partial charge in [-0.3, -0.25) is 19.2 Å². The van der Waals surface area contributed by atoms with Crippen LogP contribution < -0.4 is 21.5 Å². The summed E-state index contributed by atoms with van der Waals surface area (Å²) in [6.07, 6.45) is 1.77. The number of amides is 1. The van der Waals surface area contributed by atoms with Crippen molar-refractivity contribution in [3.63, 3.8) is 0 Å². The Morgan fingerprint density at radius 2 is 1.61 bits per heavy atom. The molecule has 0 saturated carbocycles. The molecule has 8 nitrogen and oxygen atoms in total. The Hall–Kier alpha value is -3.94. The van der Waals surface area contributed by atoms with E-state index in [0.29, 0.717) is 12.8 Å². The maximum atomic E-state index is 13.0. The van der Waals surface area contributed by atoms with Gasteiger partial charge >= 0.3 is 0 Å².